The van der Waals surface area contributed by atoms with Crippen molar-refractivity contribution in [2.45, 2.75) is 83.6 Å². The van der Waals surface area contributed by atoms with Crippen LogP contribution in [-0.2, 0) is 9.59 Å². The van der Waals surface area contributed by atoms with Gasteiger partial charge in [0, 0.05) is 24.5 Å². The van der Waals surface area contributed by atoms with Crippen LogP contribution in [0.25, 0.3) is 5.57 Å². The number of likely N-dealkylation sites (tertiary alicyclic amines) is 1. The lowest BCUT2D eigenvalue weighted by molar-refractivity contribution is -0.138. The van der Waals surface area contributed by atoms with Crippen LogP contribution in [0.15, 0.2) is 12.1 Å². The number of hydrogen-bond acceptors (Lipinski definition) is 5. The normalized spacial score (nSPS) is 31.3. The van der Waals surface area contributed by atoms with Crippen molar-refractivity contribution < 1.29 is 19.5 Å². The van der Waals surface area contributed by atoms with Gasteiger partial charge in [0.1, 0.15) is 4.88 Å². The second-order valence-corrected chi connectivity index (χ2v) is 12.4. The highest BCUT2D eigenvalue weighted by molar-refractivity contribution is 7.15. The van der Waals surface area contributed by atoms with E-state index in [1.807, 2.05) is 0 Å². The summed E-state index contributed by atoms with van der Waals surface area (Å²) in [6.45, 7) is 3.16. The summed E-state index contributed by atoms with van der Waals surface area (Å²) in [7, 11) is 1.60. The first-order valence-electron chi connectivity index (χ1n) is 13.5. The number of nitrogens with zero attached hydrogens (tertiary/aromatic N) is 2. The van der Waals surface area contributed by atoms with Gasteiger partial charge in [0.2, 0.25) is 11.8 Å². The smallest absolute Gasteiger partial charge is 0.348 e. The van der Waals surface area contributed by atoms with Gasteiger partial charge in [-0.3, -0.25) is 14.5 Å². The summed E-state index contributed by atoms with van der Waals surface area (Å²) < 4.78 is 0. The molecule has 1 saturated heterocycles. The molecule has 2 amide bonds. The molecule has 7 heteroatoms. The van der Waals surface area contributed by atoms with Crippen LogP contribution in [0.4, 0.5) is 5.69 Å². The fourth-order valence-corrected chi connectivity index (χ4v) is 7.88. The van der Waals surface area contributed by atoms with Gasteiger partial charge in [-0.1, -0.05) is 25.8 Å². The van der Waals surface area contributed by atoms with E-state index in [0.717, 1.165) is 48.7 Å². The van der Waals surface area contributed by atoms with Gasteiger partial charge in [0.25, 0.3) is 0 Å². The predicted octanol–water partition coefficient (Wildman–Crippen LogP) is 5.82. The molecule has 2 heterocycles. The van der Waals surface area contributed by atoms with Crippen LogP contribution in [0.3, 0.4) is 0 Å². The Hall–Kier alpha value is -2.15. The Morgan fingerprint density at radius 1 is 1.09 bits per heavy atom. The first kappa shape index (κ1) is 24.5. The summed E-state index contributed by atoms with van der Waals surface area (Å²) >= 11 is 1.41. The first-order chi connectivity index (χ1) is 16.8. The topological polar surface area (TPSA) is 77.9 Å². The zero-order valence-corrected chi connectivity index (χ0v) is 21.8. The Bertz CT molecular complexity index is 1020. The second kappa shape index (κ2) is 10.1. The summed E-state index contributed by atoms with van der Waals surface area (Å²) in [6.07, 6.45) is 13.6. The van der Waals surface area contributed by atoms with E-state index >= 15 is 0 Å². The van der Waals surface area contributed by atoms with Gasteiger partial charge in [-0.05, 0) is 81.3 Å². The number of amides is 2. The average Bonchev–Trinajstić information content (AvgIpc) is 3.40. The number of rotatable bonds is 6. The van der Waals surface area contributed by atoms with Gasteiger partial charge in [-0.2, -0.15) is 0 Å². The van der Waals surface area contributed by atoms with Crippen LogP contribution in [0.2, 0.25) is 0 Å². The molecule has 3 aliphatic carbocycles. The van der Waals surface area contributed by atoms with Crippen LogP contribution in [0.1, 0.15) is 92.1 Å². The highest BCUT2D eigenvalue weighted by atomic mass is 32.1. The molecule has 0 radical (unpaired) electrons. The summed E-state index contributed by atoms with van der Waals surface area (Å²) in [5.41, 5.74) is 2.11. The van der Waals surface area contributed by atoms with Gasteiger partial charge >= 0.3 is 5.97 Å². The molecule has 1 aromatic rings. The fourth-order valence-electron chi connectivity index (χ4n) is 6.81. The number of carboxylic acids is 1. The summed E-state index contributed by atoms with van der Waals surface area (Å²) in [6, 6.07) is 2.20. The highest BCUT2D eigenvalue weighted by Crippen LogP contribution is 2.44. The number of hydrogen-bond donors (Lipinski definition) is 1. The van der Waals surface area contributed by atoms with Gasteiger partial charge in [0.15, 0.2) is 0 Å². The maximum atomic E-state index is 12.9. The van der Waals surface area contributed by atoms with E-state index in [0.29, 0.717) is 23.6 Å². The molecule has 0 bridgehead atoms. The van der Waals surface area contributed by atoms with E-state index in [1.165, 1.54) is 53.9 Å². The van der Waals surface area contributed by atoms with Crippen molar-refractivity contribution in [1.82, 2.24) is 4.90 Å². The predicted molar refractivity (Wildman–Crippen MR) is 139 cm³/mol. The number of thiophene rings is 1. The molecule has 1 N–H and O–H groups in total. The number of allylic oxidation sites excluding steroid dienone is 2. The van der Waals surface area contributed by atoms with Crippen LogP contribution in [-0.4, -0.2) is 47.4 Å². The third-order valence-electron chi connectivity index (χ3n) is 8.97. The minimum atomic E-state index is -0.865. The Morgan fingerprint density at radius 3 is 2.51 bits per heavy atom. The van der Waals surface area contributed by atoms with Gasteiger partial charge in [-0.15, -0.1) is 11.3 Å². The van der Waals surface area contributed by atoms with Crippen LogP contribution in [0.5, 0.6) is 0 Å². The van der Waals surface area contributed by atoms with E-state index in [1.54, 1.807) is 7.05 Å². The molecule has 3 fully saturated rings. The maximum absolute atomic E-state index is 12.9. The van der Waals surface area contributed by atoms with Crippen molar-refractivity contribution >= 4 is 40.4 Å². The van der Waals surface area contributed by atoms with Crippen LogP contribution >= 0.6 is 11.3 Å². The molecule has 1 aromatic heterocycles. The number of carbonyl (C=O) groups excluding carboxylic acids is 2. The van der Waals surface area contributed by atoms with Gasteiger partial charge in [0.05, 0.1) is 17.5 Å². The second-order valence-electron chi connectivity index (χ2n) is 11.3. The molecular weight excluding hydrogens is 460 g/mol. The molecule has 4 aliphatic rings. The van der Waals surface area contributed by atoms with Crippen molar-refractivity contribution in [3.8, 4) is 0 Å². The van der Waals surface area contributed by atoms with Crippen molar-refractivity contribution in [2.75, 3.05) is 18.5 Å². The lowest BCUT2D eigenvalue weighted by atomic mass is 9.77. The van der Waals surface area contributed by atoms with E-state index in [9.17, 15) is 19.5 Å². The summed E-state index contributed by atoms with van der Waals surface area (Å²) in [5, 5.41) is 10.2. The standard InChI is InChI=1S/C28H38N2O4S/c1-17-8-10-18(11-9-17)16-30(20-12-13-21-22(14-20)27(32)29(2)26(21)31)23-15-24(35-25(23)28(33)34)19-6-4-3-5-7-19/h6,15,17-18,20-22H,3-5,7-14,16H2,1-2H3,(H,33,34). The summed E-state index contributed by atoms with van der Waals surface area (Å²) in [4.78, 5) is 43.0. The van der Waals surface area contributed by atoms with Gasteiger partial charge < -0.3 is 10.0 Å². The molecule has 6 nitrogen and oxygen atoms in total. The van der Waals surface area contributed by atoms with Crippen LogP contribution < -0.4 is 4.90 Å². The number of anilines is 1. The molecule has 3 atom stereocenters. The zero-order valence-electron chi connectivity index (χ0n) is 21.0. The lowest BCUT2D eigenvalue weighted by Crippen LogP contribution is -2.45. The van der Waals surface area contributed by atoms with Gasteiger partial charge in [-0.25, -0.2) is 4.79 Å². The van der Waals surface area contributed by atoms with Crippen molar-refractivity contribution in [3.63, 3.8) is 0 Å². The fraction of sp³-hybridized carbons (Fsp3) is 0.679. The Labute approximate surface area is 212 Å². The molecular formula is C28H38N2O4S. The molecule has 190 valence electrons. The Kier molecular flexibility index (Phi) is 7.06. The average molecular weight is 499 g/mol. The minimum absolute atomic E-state index is 0.0421. The van der Waals surface area contributed by atoms with E-state index in [4.69, 9.17) is 0 Å². The third-order valence-corrected chi connectivity index (χ3v) is 10.2. The minimum Gasteiger partial charge on any atom is -0.477 e. The lowest BCUT2D eigenvalue weighted by Gasteiger charge is -2.41. The maximum Gasteiger partial charge on any atom is 0.348 e. The zero-order chi connectivity index (χ0) is 24.7. The Balaban J connectivity index is 1.48. The number of imide groups is 1. The van der Waals surface area contributed by atoms with Crippen molar-refractivity contribution in [2.24, 2.45) is 23.7 Å². The number of carboxylic acid groups (broad SMARTS) is 1. The number of fused-ring (bicyclic) bond motifs is 1. The van der Waals surface area contributed by atoms with Crippen molar-refractivity contribution in [3.05, 3.63) is 21.9 Å². The number of carbonyl (C=O) groups is 3. The Morgan fingerprint density at radius 2 is 1.83 bits per heavy atom. The van der Waals surface area contributed by atoms with E-state index in [-0.39, 0.29) is 29.7 Å². The number of aromatic carboxylic acids is 1. The largest absolute Gasteiger partial charge is 0.477 e. The molecule has 2 saturated carbocycles. The third kappa shape index (κ3) is 4.81. The molecule has 0 spiro atoms. The monoisotopic (exact) mass is 498 g/mol. The molecule has 5 rings (SSSR count). The molecule has 3 unspecified atom stereocenters. The quantitative estimate of drug-likeness (QED) is 0.500. The first-order valence-corrected chi connectivity index (χ1v) is 14.3. The van der Waals surface area contributed by atoms with E-state index in [2.05, 4.69) is 24.0 Å². The van der Waals surface area contributed by atoms with E-state index < -0.39 is 5.97 Å². The molecule has 1 aliphatic heterocycles. The molecule has 35 heavy (non-hydrogen) atoms. The SMILES string of the molecule is CC1CCC(CN(c2cc(C3=CCCCC3)sc2C(=O)O)C2CCC3C(=O)N(C)C(=O)C3C2)CC1. The van der Waals surface area contributed by atoms with Crippen LogP contribution in [0, 0.1) is 23.7 Å². The van der Waals surface area contributed by atoms with Crippen molar-refractivity contribution in [1.29, 1.82) is 0 Å². The highest BCUT2D eigenvalue weighted by Gasteiger charge is 2.49. The molecule has 0 aromatic carbocycles. The summed E-state index contributed by atoms with van der Waals surface area (Å²) in [5.74, 6) is -0.152.